The molecule has 1 N–H and O–H groups in total. The maximum Gasteiger partial charge on any atom is 0.410 e. The summed E-state index contributed by atoms with van der Waals surface area (Å²) < 4.78 is 5.22. The van der Waals surface area contributed by atoms with E-state index < -0.39 is 0 Å². The summed E-state index contributed by atoms with van der Waals surface area (Å²) in [6, 6.07) is 0.263. The molecule has 2 aromatic rings. The number of hydrogen-bond donors (Lipinski definition) is 1. The van der Waals surface area contributed by atoms with Gasteiger partial charge in [-0.05, 0) is 32.1 Å². The highest BCUT2D eigenvalue weighted by Gasteiger charge is 2.45. The van der Waals surface area contributed by atoms with E-state index in [1.807, 2.05) is 9.80 Å². The molecule has 1 saturated carbocycles. The van der Waals surface area contributed by atoms with Crippen molar-refractivity contribution in [2.24, 2.45) is 0 Å². The highest BCUT2D eigenvalue weighted by atomic mass is 16.6. The van der Waals surface area contributed by atoms with Gasteiger partial charge in [-0.25, -0.2) is 24.7 Å². The summed E-state index contributed by atoms with van der Waals surface area (Å²) in [5.74, 6) is 0.406. The molecule has 10 nitrogen and oxygen atoms in total. The number of nitrogens with zero attached hydrogens (tertiary/aromatic N) is 6. The predicted molar refractivity (Wildman–Crippen MR) is 115 cm³/mol. The molecule has 2 saturated heterocycles. The lowest BCUT2D eigenvalue weighted by molar-refractivity contribution is 0.0635. The Morgan fingerprint density at radius 3 is 2.47 bits per heavy atom. The number of carbonyl (C=O) groups is 2. The number of hydrogen-bond acceptors (Lipinski definition) is 8. The summed E-state index contributed by atoms with van der Waals surface area (Å²) in [7, 11) is 0. The molecule has 1 atom stereocenters. The molecule has 2 aromatic heterocycles. The molecule has 0 spiro atoms. The first-order chi connectivity index (χ1) is 15.6. The molecule has 4 heterocycles. The minimum Gasteiger partial charge on any atom is -0.447 e. The summed E-state index contributed by atoms with van der Waals surface area (Å²) in [4.78, 5) is 45.7. The third-order valence-electron chi connectivity index (χ3n) is 6.73. The molecule has 3 aliphatic rings. The van der Waals surface area contributed by atoms with Gasteiger partial charge in [0.15, 0.2) is 0 Å². The summed E-state index contributed by atoms with van der Waals surface area (Å²) in [5, 5.41) is 3.37. The standard InChI is InChI=1S/C22H27N7O3/c1-2-17-13-32-21(31)29(17)18-3-7-28(8-4-18)19(30)15-9-25-20(26-10-15)27-22(5-6-22)16-11-23-14-24-12-16/h9-12,14,17-18H,2-8,13H2,1H3,(H,25,26,27). The van der Waals surface area contributed by atoms with Crippen LogP contribution in [0, 0.1) is 0 Å². The molecular formula is C22H27N7O3. The van der Waals surface area contributed by atoms with Crippen molar-refractivity contribution in [2.45, 2.75) is 56.7 Å². The van der Waals surface area contributed by atoms with Crippen molar-refractivity contribution in [1.29, 1.82) is 0 Å². The van der Waals surface area contributed by atoms with Gasteiger partial charge in [-0.1, -0.05) is 6.92 Å². The fourth-order valence-corrected chi connectivity index (χ4v) is 4.64. The largest absolute Gasteiger partial charge is 0.447 e. The summed E-state index contributed by atoms with van der Waals surface area (Å²) in [6.45, 7) is 3.72. The van der Waals surface area contributed by atoms with Crippen LogP contribution < -0.4 is 5.32 Å². The molecule has 32 heavy (non-hydrogen) atoms. The molecule has 0 bridgehead atoms. The van der Waals surface area contributed by atoms with Gasteiger partial charge in [0.1, 0.15) is 12.9 Å². The average molecular weight is 438 g/mol. The van der Waals surface area contributed by atoms with E-state index in [0.717, 1.165) is 37.7 Å². The predicted octanol–water partition coefficient (Wildman–Crippen LogP) is 2.20. The Morgan fingerprint density at radius 1 is 1.16 bits per heavy atom. The average Bonchev–Trinajstić information content (AvgIpc) is 3.53. The summed E-state index contributed by atoms with van der Waals surface area (Å²) in [6.07, 6.45) is 12.3. The zero-order valence-electron chi connectivity index (χ0n) is 18.1. The van der Waals surface area contributed by atoms with Crippen LogP contribution in [0.5, 0.6) is 0 Å². The minimum absolute atomic E-state index is 0.0800. The van der Waals surface area contributed by atoms with Gasteiger partial charge in [-0.2, -0.15) is 0 Å². The Labute approximate surface area is 186 Å². The highest BCUT2D eigenvalue weighted by molar-refractivity contribution is 5.93. The zero-order chi connectivity index (χ0) is 22.1. The number of anilines is 1. The van der Waals surface area contributed by atoms with Crippen LogP contribution in [0.25, 0.3) is 0 Å². The molecule has 3 fully saturated rings. The number of carbonyl (C=O) groups excluding carboxylic acids is 2. The lowest BCUT2D eigenvalue weighted by atomic mass is 10.0. The minimum atomic E-state index is -0.228. The maximum atomic E-state index is 12.9. The molecule has 168 valence electrons. The second-order valence-electron chi connectivity index (χ2n) is 8.70. The molecule has 1 unspecified atom stereocenters. The second kappa shape index (κ2) is 8.33. The van der Waals surface area contributed by atoms with Crippen LogP contribution in [0.1, 0.15) is 54.9 Å². The second-order valence-corrected chi connectivity index (χ2v) is 8.70. The number of likely N-dealkylation sites (tertiary alicyclic amines) is 1. The number of piperidine rings is 1. The van der Waals surface area contributed by atoms with Gasteiger partial charge in [0.2, 0.25) is 5.95 Å². The van der Waals surface area contributed by atoms with Crippen LogP contribution in [0.2, 0.25) is 0 Å². The van der Waals surface area contributed by atoms with Gasteiger partial charge in [-0.3, -0.25) is 9.69 Å². The van der Waals surface area contributed by atoms with Crippen molar-refractivity contribution < 1.29 is 14.3 Å². The fourth-order valence-electron chi connectivity index (χ4n) is 4.64. The summed E-state index contributed by atoms with van der Waals surface area (Å²) >= 11 is 0. The van der Waals surface area contributed by atoms with Gasteiger partial charge < -0.3 is 15.0 Å². The molecule has 0 aromatic carbocycles. The number of amides is 2. The number of ether oxygens (including phenoxy) is 1. The van der Waals surface area contributed by atoms with Gasteiger partial charge in [0.25, 0.3) is 5.91 Å². The molecular weight excluding hydrogens is 410 g/mol. The Bertz CT molecular complexity index is 973. The van der Waals surface area contributed by atoms with Gasteiger partial charge in [0, 0.05) is 49.5 Å². The van der Waals surface area contributed by atoms with Gasteiger partial charge in [0.05, 0.1) is 17.1 Å². The smallest absolute Gasteiger partial charge is 0.410 e. The van der Waals surface area contributed by atoms with Crippen LogP contribution in [-0.4, -0.2) is 73.5 Å². The van der Waals surface area contributed by atoms with Crippen LogP contribution >= 0.6 is 0 Å². The van der Waals surface area contributed by atoms with E-state index >= 15 is 0 Å². The third-order valence-corrected chi connectivity index (χ3v) is 6.73. The van der Waals surface area contributed by atoms with E-state index in [0.29, 0.717) is 31.2 Å². The molecule has 2 amide bonds. The van der Waals surface area contributed by atoms with Crippen molar-refractivity contribution in [3.8, 4) is 0 Å². The van der Waals surface area contributed by atoms with E-state index in [4.69, 9.17) is 4.74 Å². The molecule has 2 aliphatic heterocycles. The van der Waals surface area contributed by atoms with Crippen LogP contribution in [0.4, 0.5) is 10.7 Å². The van der Waals surface area contributed by atoms with Crippen LogP contribution in [0.3, 0.4) is 0 Å². The SMILES string of the molecule is CCC1COC(=O)N1C1CCN(C(=O)c2cnc(NC3(c4cncnc4)CC3)nc2)CC1. The quantitative estimate of drug-likeness (QED) is 0.732. The van der Waals surface area contributed by atoms with E-state index in [2.05, 4.69) is 32.2 Å². The van der Waals surface area contributed by atoms with Crippen LogP contribution in [-0.2, 0) is 10.3 Å². The molecule has 10 heteroatoms. The Balaban J connectivity index is 1.18. The fraction of sp³-hybridized carbons (Fsp3) is 0.545. The van der Waals surface area contributed by atoms with E-state index in [9.17, 15) is 9.59 Å². The van der Waals surface area contributed by atoms with Crippen molar-refractivity contribution in [3.63, 3.8) is 0 Å². The normalized spacial score (nSPS) is 22.5. The number of nitrogens with one attached hydrogen (secondary N) is 1. The van der Waals surface area contributed by atoms with E-state index in [1.54, 1.807) is 24.8 Å². The third kappa shape index (κ3) is 3.85. The Morgan fingerprint density at radius 2 is 1.84 bits per heavy atom. The van der Waals surface area contributed by atoms with Crippen molar-refractivity contribution in [2.75, 3.05) is 25.0 Å². The first-order valence-electron chi connectivity index (χ1n) is 11.2. The highest BCUT2D eigenvalue weighted by Crippen LogP contribution is 2.47. The van der Waals surface area contributed by atoms with Crippen molar-refractivity contribution in [3.05, 3.63) is 42.2 Å². The zero-order valence-corrected chi connectivity index (χ0v) is 18.1. The van der Waals surface area contributed by atoms with Gasteiger partial charge in [-0.15, -0.1) is 0 Å². The first-order valence-corrected chi connectivity index (χ1v) is 11.2. The van der Waals surface area contributed by atoms with Crippen LogP contribution in [0.15, 0.2) is 31.1 Å². The van der Waals surface area contributed by atoms with E-state index in [-0.39, 0.29) is 29.6 Å². The van der Waals surface area contributed by atoms with E-state index in [1.165, 1.54) is 6.33 Å². The van der Waals surface area contributed by atoms with Gasteiger partial charge >= 0.3 is 6.09 Å². The molecule has 0 radical (unpaired) electrons. The monoisotopic (exact) mass is 437 g/mol. The van der Waals surface area contributed by atoms with Crippen molar-refractivity contribution in [1.82, 2.24) is 29.7 Å². The lowest BCUT2D eigenvalue weighted by Crippen LogP contribution is -2.49. The number of aromatic nitrogens is 4. The molecule has 5 rings (SSSR count). The first kappa shape index (κ1) is 20.6. The molecule has 1 aliphatic carbocycles. The maximum absolute atomic E-state index is 12.9. The Hall–Kier alpha value is -3.30. The van der Waals surface area contributed by atoms with Crippen molar-refractivity contribution >= 4 is 17.9 Å². The lowest BCUT2D eigenvalue weighted by Gasteiger charge is -2.37. The number of cyclic esters (lactones) is 1. The topological polar surface area (TPSA) is 113 Å². The summed E-state index contributed by atoms with van der Waals surface area (Å²) in [5.41, 5.74) is 1.26. The number of rotatable bonds is 6. The Kier molecular flexibility index (Phi) is 5.36.